The Morgan fingerprint density at radius 3 is 2.53 bits per heavy atom. The highest BCUT2D eigenvalue weighted by molar-refractivity contribution is 5.80. The predicted molar refractivity (Wildman–Crippen MR) is 58.4 cm³/mol. The van der Waals surface area contributed by atoms with Gasteiger partial charge in [-0.3, -0.25) is 4.79 Å². The number of rotatable bonds is 2. The van der Waals surface area contributed by atoms with Crippen LogP contribution in [-0.4, -0.2) is 37.0 Å². The molecule has 1 saturated heterocycles. The van der Waals surface area contributed by atoms with Crippen LogP contribution in [-0.2, 0) is 4.79 Å². The normalized spacial score (nSPS) is 39.1. The van der Waals surface area contributed by atoms with Gasteiger partial charge in [0.15, 0.2) is 0 Å². The molecule has 3 rings (SSSR count). The summed E-state index contributed by atoms with van der Waals surface area (Å²) in [5.74, 6) is 2.39. The van der Waals surface area contributed by atoms with E-state index in [-0.39, 0.29) is 0 Å². The van der Waals surface area contributed by atoms with Crippen LogP contribution in [0.5, 0.6) is 0 Å². The minimum absolute atomic E-state index is 0.370. The van der Waals surface area contributed by atoms with Crippen molar-refractivity contribution in [3.63, 3.8) is 0 Å². The van der Waals surface area contributed by atoms with Crippen molar-refractivity contribution in [2.75, 3.05) is 20.1 Å². The first-order valence-electron chi connectivity index (χ1n) is 6.23. The van der Waals surface area contributed by atoms with Crippen LogP contribution in [0.15, 0.2) is 0 Å². The molecule has 3 atom stereocenters. The second-order valence-electron chi connectivity index (χ2n) is 5.54. The molecule has 2 aliphatic carbocycles. The van der Waals surface area contributed by atoms with Gasteiger partial charge in [-0.15, -0.1) is 0 Å². The quantitative estimate of drug-likeness (QED) is 0.730. The molecular weight excluding hydrogens is 188 g/mol. The van der Waals surface area contributed by atoms with E-state index in [9.17, 15) is 4.79 Å². The molecule has 1 heterocycles. The lowest BCUT2D eigenvalue weighted by atomic mass is 9.87. The molecule has 15 heavy (non-hydrogen) atoms. The molecule has 1 aliphatic heterocycles. The molecule has 3 nitrogen and oxygen atoms in total. The van der Waals surface area contributed by atoms with E-state index in [2.05, 4.69) is 5.32 Å². The summed E-state index contributed by atoms with van der Waals surface area (Å²) < 4.78 is 0. The highest BCUT2D eigenvalue weighted by Crippen LogP contribution is 2.48. The van der Waals surface area contributed by atoms with Gasteiger partial charge in [0.2, 0.25) is 5.91 Å². The van der Waals surface area contributed by atoms with Crippen molar-refractivity contribution in [1.82, 2.24) is 10.2 Å². The summed E-state index contributed by atoms with van der Waals surface area (Å²) in [5.41, 5.74) is 0. The summed E-state index contributed by atoms with van der Waals surface area (Å²) in [6.45, 7) is 1.98. The van der Waals surface area contributed by atoms with E-state index in [4.69, 9.17) is 0 Å². The average Bonchev–Trinajstić information content (AvgIpc) is 2.74. The lowest BCUT2D eigenvalue weighted by molar-refractivity contribution is -0.138. The van der Waals surface area contributed by atoms with E-state index in [0.717, 1.165) is 24.9 Å². The van der Waals surface area contributed by atoms with Crippen LogP contribution in [0.1, 0.15) is 25.7 Å². The molecule has 3 unspecified atom stereocenters. The first kappa shape index (κ1) is 9.64. The summed E-state index contributed by atoms with van der Waals surface area (Å²) in [5, 5.41) is 3.23. The van der Waals surface area contributed by atoms with Crippen LogP contribution in [0.3, 0.4) is 0 Å². The zero-order valence-electron chi connectivity index (χ0n) is 9.41. The van der Waals surface area contributed by atoms with Crippen molar-refractivity contribution >= 4 is 5.91 Å². The minimum Gasteiger partial charge on any atom is -0.340 e. The Labute approximate surface area is 91.2 Å². The third kappa shape index (κ3) is 1.48. The molecule has 1 N–H and O–H groups in total. The lowest BCUT2D eigenvalue weighted by Crippen LogP contribution is -2.58. The van der Waals surface area contributed by atoms with Crippen LogP contribution in [0.4, 0.5) is 0 Å². The van der Waals surface area contributed by atoms with Crippen LogP contribution >= 0.6 is 0 Å². The SMILES string of the molecule is CN(C(=O)C1CC2CCC1C2)C1CNC1. The molecule has 3 aliphatic rings. The van der Waals surface area contributed by atoms with Crippen molar-refractivity contribution in [2.45, 2.75) is 31.7 Å². The van der Waals surface area contributed by atoms with Gasteiger partial charge in [-0.25, -0.2) is 0 Å². The highest BCUT2D eigenvalue weighted by Gasteiger charge is 2.44. The second kappa shape index (κ2) is 3.48. The van der Waals surface area contributed by atoms with Crippen molar-refractivity contribution < 1.29 is 4.79 Å². The van der Waals surface area contributed by atoms with Gasteiger partial charge >= 0.3 is 0 Å². The monoisotopic (exact) mass is 208 g/mol. The van der Waals surface area contributed by atoms with E-state index in [1.54, 1.807) is 0 Å². The first-order valence-corrected chi connectivity index (χ1v) is 6.23. The third-order valence-corrected chi connectivity index (χ3v) is 4.71. The molecular formula is C12H20N2O. The van der Waals surface area contributed by atoms with Gasteiger partial charge in [0.25, 0.3) is 0 Å². The van der Waals surface area contributed by atoms with Crippen molar-refractivity contribution in [2.24, 2.45) is 17.8 Å². The predicted octanol–water partition coefficient (Wildman–Crippen LogP) is 0.853. The van der Waals surface area contributed by atoms with Crippen molar-refractivity contribution in [1.29, 1.82) is 0 Å². The van der Waals surface area contributed by atoms with Gasteiger partial charge < -0.3 is 10.2 Å². The van der Waals surface area contributed by atoms with Crippen LogP contribution < -0.4 is 5.32 Å². The molecule has 84 valence electrons. The standard InChI is InChI=1S/C12H20N2O/c1-14(10-6-13-7-10)12(15)11-5-8-2-3-9(11)4-8/h8-11,13H,2-7H2,1H3. The molecule has 0 aromatic carbocycles. The summed E-state index contributed by atoms with van der Waals surface area (Å²) in [6, 6.07) is 0.469. The molecule has 3 fully saturated rings. The van der Waals surface area contributed by atoms with Crippen LogP contribution in [0.25, 0.3) is 0 Å². The van der Waals surface area contributed by atoms with E-state index in [1.165, 1.54) is 25.7 Å². The fraction of sp³-hybridized carbons (Fsp3) is 0.917. The van der Waals surface area contributed by atoms with Gasteiger partial charge in [-0.05, 0) is 31.1 Å². The Morgan fingerprint density at radius 1 is 1.27 bits per heavy atom. The fourth-order valence-corrected chi connectivity index (χ4v) is 3.54. The summed E-state index contributed by atoms with van der Waals surface area (Å²) in [7, 11) is 1.99. The molecule has 2 bridgehead atoms. The van der Waals surface area contributed by atoms with Crippen LogP contribution in [0, 0.1) is 17.8 Å². The number of carbonyl (C=O) groups excluding carboxylic acids is 1. The molecule has 3 heteroatoms. The highest BCUT2D eigenvalue weighted by atomic mass is 16.2. The minimum atomic E-state index is 0.370. The Hall–Kier alpha value is -0.570. The maximum atomic E-state index is 12.3. The molecule has 0 aromatic rings. The lowest BCUT2D eigenvalue weighted by Gasteiger charge is -2.38. The Morgan fingerprint density at radius 2 is 2.07 bits per heavy atom. The zero-order chi connectivity index (χ0) is 10.4. The topological polar surface area (TPSA) is 32.3 Å². The number of likely N-dealkylation sites (N-methyl/N-ethyl adjacent to an activating group) is 1. The van der Waals surface area contributed by atoms with E-state index in [1.807, 2.05) is 11.9 Å². The van der Waals surface area contributed by atoms with Crippen molar-refractivity contribution in [3.8, 4) is 0 Å². The second-order valence-corrected chi connectivity index (χ2v) is 5.54. The van der Waals surface area contributed by atoms with Gasteiger partial charge in [-0.2, -0.15) is 0 Å². The fourth-order valence-electron chi connectivity index (χ4n) is 3.54. The smallest absolute Gasteiger partial charge is 0.226 e. The summed E-state index contributed by atoms with van der Waals surface area (Å²) in [6.07, 6.45) is 5.18. The van der Waals surface area contributed by atoms with Gasteiger partial charge in [-0.1, -0.05) is 6.42 Å². The van der Waals surface area contributed by atoms with E-state index < -0.39 is 0 Å². The number of carbonyl (C=O) groups is 1. The number of amides is 1. The van der Waals surface area contributed by atoms with E-state index >= 15 is 0 Å². The molecule has 1 amide bonds. The largest absolute Gasteiger partial charge is 0.340 e. The summed E-state index contributed by atoms with van der Waals surface area (Å²) in [4.78, 5) is 14.3. The Bertz CT molecular complexity index is 275. The number of fused-ring (bicyclic) bond motifs is 2. The maximum Gasteiger partial charge on any atom is 0.226 e. The maximum absolute atomic E-state index is 12.3. The van der Waals surface area contributed by atoms with Crippen LogP contribution in [0.2, 0.25) is 0 Å². The number of hydrogen-bond donors (Lipinski definition) is 1. The number of nitrogens with zero attached hydrogens (tertiary/aromatic N) is 1. The Kier molecular flexibility index (Phi) is 2.23. The molecule has 0 radical (unpaired) electrons. The van der Waals surface area contributed by atoms with Gasteiger partial charge in [0.1, 0.15) is 0 Å². The van der Waals surface area contributed by atoms with Gasteiger partial charge in [0, 0.05) is 26.1 Å². The van der Waals surface area contributed by atoms with Gasteiger partial charge in [0.05, 0.1) is 6.04 Å². The molecule has 2 saturated carbocycles. The average molecular weight is 208 g/mol. The molecule has 0 aromatic heterocycles. The first-order chi connectivity index (χ1) is 7.25. The Balaban J connectivity index is 1.64. The molecule has 0 spiro atoms. The third-order valence-electron chi connectivity index (χ3n) is 4.71. The summed E-state index contributed by atoms with van der Waals surface area (Å²) >= 11 is 0. The number of nitrogens with one attached hydrogen (secondary N) is 1. The van der Waals surface area contributed by atoms with E-state index in [0.29, 0.717) is 17.9 Å². The van der Waals surface area contributed by atoms with Crippen molar-refractivity contribution in [3.05, 3.63) is 0 Å². The zero-order valence-corrected chi connectivity index (χ0v) is 9.41. The number of hydrogen-bond acceptors (Lipinski definition) is 2.